The Morgan fingerprint density at radius 3 is 2.59 bits per heavy atom. The Kier molecular flexibility index (Phi) is 5.19. The molecule has 0 saturated heterocycles. The zero-order valence-corrected chi connectivity index (χ0v) is 10.7. The molecule has 17 heavy (non-hydrogen) atoms. The van der Waals surface area contributed by atoms with Gasteiger partial charge in [0.2, 0.25) is 11.8 Å². The Balaban J connectivity index is 2.62. The van der Waals surface area contributed by atoms with E-state index in [1.807, 2.05) is 13.0 Å². The van der Waals surface area contributed by atoms with Crippen molar-refractivity contribution >= 4 is 11.8 Å². The van der Waals surface area contributed by atoms with E-state index in [1.165, 1.54) is 0 Å². The molecule has 2 unspecified atom stereocenters. The first-order valence-corrected chi connectivity index (χ1v) is 6.33. The number of rotatable bonds is 4. The zero-order valence-electron chi connectivity index (χ0n) is 10.7. The van der Waals surface area contributed by atoms with Gasteiger partial charge in [0.25, 0.3) is 0 Å². The molecular weight excluding hydrogens is 216 g/mol. The maximum Gasteiger partial charge on any atom is 0.246 e. The zero-order chi connectivity index (χ0) is 12.8. The van der Waals surface area contributed by atoms with Crippen LogP contribution >= 0.6 is 0 Å². The largest absolute Gasteiger partial charge is 0.369 e. The van der Waals surface area contributed by atoms with Crippen molar-refractivity contribution in [2.45, 2.75) is 52.0 Å². The predicted molar refractivity (Wildman–Crippen MR) is 67.1 cm³/mol. The van der Waals surface area contributed by atoms with Crippen molar-refractivity contribution in [2.75, 3.05) is 0 Å². The summed E-state index contributed by atoms with van der Waals surface area (Å²) in [7, 11) is 0. The van der Waals surface area contributed by atoms with E-state index in [0.29, 0.717) is 5.57 Å². The second kappa shape index (κ2) is 6.42. The van der Waals surface area contributed by atoms with E-state index in [2.05, 4.69) is 5.32 Å². The Hall–Kier alpha value is -1.32. The van der Waals surface area contributed by atoms with Crippen LogP contribution in [0, 0.1) is 5.92 Å². The molecule has 0 aromatic carbocycles. The Morgan fingerprint density at radius 2 is 2.00 bits per heavy atom. The highest BCUT2D eigenvalue weighted by Crippen LogP contribution is 2.24. The fourth-order valence-corrected chi connectivity index (χ4v) is 2.33. The molecule has 0 heterocycles. The van der Waals surface area contributed by atoms with Crippen molar-refractivity contribution in [3.05, 3.63) is 11.6 Å². The molecule has 0 spiro atoms. The molecule has 1 fully saturated rings. The number of nitrogens with two attached hydrogens (primary N) is 1. The number of hydrogen-bond donors (Lipinski definition) is 2. The van der Waals surface area contributed by atoms with Crippen molar-refractivity contribution < 1.29 is 9.59 Å². The predicted octanol–water partition coefficient (Wildman–Crippen LogP) is 1.50. The van der Waals surface area contributed by atoms with Crippen molar-refractivity contribution in [3.63, 3.8) is 0 Å². The molecule has 4 heteroatoms. The van der Waals surface area contributed by atoms with Crippen LogP contribution in [-0.4, -0.2) is 17.9 Å². The van der Waals surface area contributed by atoms with Gasteiger partial charge in [-0.25, -0.2) is 0 Å². The summed E-state index contributed by atoms with van der Waals surface area (Å²) in [4.78, 5) is 23.1. The van der Waals surface area contributed by atoms with E-state index in [9.17, 15) is 9.59 Å². The lowest BCUT2D eigenvalue weighted by atomic mass is 9.84. The minimum atomic E-state index is -0.299. The number of carbonyl (C=O) groups excluding carboxylic acids is 2. The monoisotopic (exact) mass is 238 g/mol. The maximum absolute atomic E-state index is 11.8. The Labute approximate surface area is 103 Å². The van der Waals surface area contributed by atoms with Crippen molar-refractivity contribution in [3.8, 4) is 0 Å². The van der Waals surface area contributed by atoms with E-state index in [4.69, 9.17) is 5.73 Å². The van der Waals surface area contributed by atoms with Gasteiger partial charge in [-0.05, 0) is 26.2 Å². The SMILES string of the molecule is CC/C=C(/C)C(=O)NC1CCCCC1C(N)=O. The molecule has 96 valence electrons. The first kappa shape index (κ1) is 13.7. The smallest absolute Gasteiger partial charge is 0.246 e. The Bertz CT molecular complexity index is 323. The van der Waals surface area contributed by atoms with Crippen LogP contribution in [0.5, 0.6) is 0 Å². The van der Waals surface area contributed by atoms with Gasteiger partial charge >= 0.3 is 0 Å². The van der Waals surface area contributed by atoms with Gasteiger partial charge in [0, 0.05) is 11.6 Å². The summed E-state index contributed by atoms with van der Waals surface area (Å²) in [6, 6.07) is -0.0889. The number of primary amides is 1. The van der Waals surface area contributed by atoms with Gasteiger partial charge < -0.3 is 11.1 Å². The molecule has 4 nitrogen and oxygen atoms in total. The van der Waals surface area contributed by atoms with Gasteiger partial charge in [0.15, 0.2) is 0 Å². The molecule has 0 aliphatic heterocycles. The minimum Gasteiger partial charge on any atom is -0.369 e. The van der Waals surface area contributed by atoms with Crippen molar-refractivity contribution in [2.24, 2.45) is 11.7 Å². The molecule has 0 radical (unpaired) electrons. The highest BCUT2D eigenvalue weighted by atomic mass is 16.2. The van der Waals surface area contributed by atoms with E-state index in [0.717, 1.165) is 32.1 Å². The van der Waals surface area contributed by atoms with E-state index >= 15 is 0 Å². The van der Waals surface area contributed by atoms with E-state index in [1.54, 1.807) is 6.92 Å². The summed E-state index contributed by atoms with van der Waals surface area (Å²) in [5, 5.41) is 2.93. The van der Waals surface area contributed by atoms with Gasteiger partial charge in [-0.15, -0.1) is 0 Å². The average Bonchev–Trinajstić information content (AvgIpc) is 2.29. The number of carbonyl (C=O) groups is 2. The summed E-state index contributed by atoms with van der Waals surface area (Å²) in [5.41, 5.74) is 6.07. The highest BCUT2D eigenvalue weighted by Gasteiger charge is 2.30. The van der Waals surface area contributed by atoms with E-state index < -0.39 is 0 Å². The molecule has 0 aromatic rings. The lowest BCUT2D eigenvalue weighted by Crippen LogP contribution is -2.47. The summed E-state index contributed by atoms with van der Waals surface area (Å²) >= 11 is 0. The summed E-state index contributed by atoms with van der Waals surface area (Å²) in [5.74, 6) is -0.584. The standard InChI is InChI=1S/C13H22N2O2/c1-3-6-9(2)13(17)15-11-8-5-4-7-10(11)12(14)16/h6,10-11H,3-5,7-8H2,1-2H3,(H2,14,16)(H,15,17)/b9-6-. The quantitative estimate of drug-likeness (QED) is 0.728. The van der Waals surface area contributed by atoms with E-state index in [-0.39, 0.29) is 23.8 Å². The number of amides is 2. The van der Waals surface area contributed by atoms with Gasteiger partial charge in [0.1, 0.15) is 0 Å². The van der Waals surface area contributed by atoms with Crippen LogP contribution in [0.1, 0.15) is 46.0 Å². The fraction of sp³-hybridized carbons (Fsp3) is 0.692. The Morgan fingerprint density at radius 1 is 1.35 bits per heavy atom. The topological polar surface area (TPSA) is 72.2 Å². The molecule has 0 bridgehead atoms. The van der Waals surface area contributed by atoms with Crippen LogP contribution in [-0.2, 0) is 9.59 Å². The van der Waals surface area contributed by atoms with Gasteiger partial charge in [-0.2, -0.15) is 0 Å². The third kappa shape index (κ3) is 3.88. The molecule has 1 aliphatic rings. The summed E-state index contributed by atoms with van der Waals surface area (Å²) in [6.07, 6.45) is 6.42. The van der Waals surface area contributed by atoms with Crippen LogP contribution in [0.3, 0.4) is 0 Å². The first-order valence-electron chi connectivity index (χ1n) is 6.33. The lowest BCUT2D eigenvalue weighted by molar-refractivity contribution is -0.124. The normalized spacial score (nSPS) is 25.4. The summed E-state index contributed by atoms with van der Waals surface area (Å²) < 4.78 is 0. The average molecular weight is 238 g/mol. The second-order valence-corrected chi connectivity index (χ2v) is 4.67. The number of allylic oxidation sites excluding steroid dienone is 1. The van der Waals surface area contributed by atoms with Crippen LogP contribution < -0.4 is 11.1 Å². The second-order valence-electron chi connectivity index (χ2n) is 4.67. The highest BCUT2D eigenvalue weighted by molar-refractivity contribution is 5.93. The van der Waals surface area contributed by atoms with Gasteiger partial charge in [0.05, 0.1) is 5.92 Å². The lowest BCUT2D eigenvalue weighted by Gasteiger charge is -2.30. The van der Waals surface area contributed by atoms with Crippen molar-refractivity contribution in [1.29, 1.82) is 0 Å². The van der Waals surface area contributed by atoms with Crippen LogP contribution in [0.4, 0.5) is 0 Å². The van der Waals surface area contributed by atoms with Crippen LogP contribution in [0.2, 0.25) is 0 Å². The third-order valence-corrected chi connectivity index (χ3v) is 3.32. The number of hydrogen-bond acceptors (Lipinski definition) is 2. The maximum atomic E-state index is 11.8. The third-order valence-electron chi connectivity index (χ3n) is 3.32. The molecule has 1 aliphatic carbocycles. The molecular formula is C13H22N2O2. The minimum absolute atomic E-state index is 0.0787. The molecule has 1 saturated carbocycles. The van der Waals surface area contributed by atoms with Crippen LogP contribution in [0.15, 0.2) is 11.6 Å². The van der Waals surface area contributed by atoms with Crippen LogP contribution in [0.25, 0.3) is 0 Å². The molecule has 1 rings (SSSR count). The van der Waals surface area contributed by atoms with Gasteiger partial charge in [-0.1, -0.05) is 25.8 Å². The first-order chi connectivity index (χ1) is 8.06. The van der Waals surface area contributed by atoms with Gasteiger partial charge in [-0.3, -0.25) is 9.59 Å². The molecule has 2 atom stereocenters. The molecule has 0 aromatic heterocycles. The summed E-state index contributed by atoms with van der Waals surface area (Å²) in [6.45, 7) is 3.78. The molecule has 3 N–H and O–H groups in total. The number of nitrogens with one attached hydrogen (secondary N) is 1. The molecule has 2 amide bonds. The fourth-order valence-electron chi connectivity index (χ4n) is 2.33. The van der Waals surface area contributed by atoms with Crippen molar-refractivity contribution in [1.82, 2.24) is 5.32 Å².